The first-order valence-corrected chi connectivity index (χ1v) is 7.25. The number of hydrogen-bond donors (Lipinski definition) is 1. The quantitative estimate of drug-likeness (QED) is 0.882. The molecule has 5 heteroatoms. The number of ether oxygens (including phenoxy) is 1. The number of benzene rings is 1. The van der Waals surface area contributed by atoms with Gasteiger partial charge in [-0.15, -0.1) is 0 Å². The van der Waals surface area contributed by atoms with Crippen molar-refractivity contribution in [1.82, 2.24) is 4.98 Å². The minimum atomic E-state index is -0.259. The average molecular weight is 303 g/mol. The van der Waals surface area contributed by atoms with Crippen LogP contribution in [0.4, 0.5) is 5.69 Å². The molecule has 2 aromatic rings. The van der Waals surface area contributed by atoms with Gasteiger partial charge in [-0.05, 0) is 54.7 Å². The summed E-state index contributed by atoms with van der Waals surface area (Å²) >= 11 is 5.88. The lowest BCUT2D eigenvalue weighted by Crippen LogP contribution is -2.20. The molecule has 0 saturated heterocycles. The van der Waals surface area contributed by atoms with Crippen molar-refractivity contribution in [2.45, 2.75) is 19.3 Å². The van der Waals surface area contributed by atoms with Crippen LogP contribution < -0.4 is 10.1 Å². The third kappa shape index (κ3) is 3.34. The van der Waals surface area contributed by atoms with E-state index in [1.54, 1.807) is 18.3 Å². The van der Waals surface area contributed by atoms with Crippen molar-refractivity contribution in [2.24, 2.45) is 0 Å². The molecule has 1 aromatic carbocycles. The lowest BCUT2D eigenvalue weighted by molar-refractivity contribution is -0.118. The van der Waals surface area contributed by atoms with Gasteiger partial charge in [0.1, 0.15) is 5.75 Å². The monoisotopic (exact) mass is 302 g/mol. The Hall–Kier alpha value is -2.07. The summed E-state index contributed by atoms with van der Waals surface area (Å²) in [5.74, 6) is 0.466. The van der Waals surface area contributed by atoms with Crippen LogP contribution in [-0.2, 0) is 17.6 Å². The second kappa shape index (κ2) is 6.14. The van der Waals surface area contributed by atoms with E-state index >= 15 is 0 Å². The standard InChI is InChI=1S/C16H15ClN2O2/c17-16-14(5-2-8-18-16)19-15(20)10-21-13-7-6-11-3-1-4-12(11)9-13/h2,5-9H,1,3-4,10H2,(H,19,20). The molecule has 0 spiro atoms. The molecule has 0 aliphatic heterocycles. The van der Waals surface area contributed by atoms with Gasteiger partial charge in [-0.25, -0.2) is 4.98 Å². The van der Waals surface area contributed by atoms with Crippen LogP contribution in [0.1, 0.15) is 17.5 Å². The molecule has 1 aliphatic carbocycles. The van der Waals surface area contributed by atoms with E-state index in [4.69, 9.17) is 16.3 Å². The van der Waals surface area contributed by atoms with Gasteiger partial charge >= 0.3 is 0 Å². The lowest BCUT2D eigenvalue weighted by atomic mass is 10.1. The summed E-state index contributed by atoms with van der Waals surface area (Å²) in [4.78, 5) is 15.7. The van der Waals surface area contributed by atoms with E-state index in [0.717, 1.165) is 18.6 Å². The second-order valence-electron chi connectivity index (χ2n) is 4.96. The normalized spacial score (nSPS) is 12.8. The number of pyridine rings is 1. The van der Waals surface area contributed by atoms with Crippen LogP contribution in [0.2, 0.25) is 5.15 Å². The largest absolute Gasteiger partial charge is 0.484 e. The smallest absolute Gasteiger partial charge is 0.262 e. The highest BCUT2D eigenvalue weighted by atomic mass is 35.5. The third-order valence-corrected chi connectivity index (χ3v) is 3.77. The zero-order chi connectivity index (χ0) is 14.7. The summed E-state index contributed by atoms with van der Waals surface area (Å²) in [7, 11) is 0. The van der Waals surface area contributed by atoms with Crippen molar-refractivity contribution in [3.8, 4) is 5.75 Å². The van der Waals surface area contributed by atoms with Crippen molar-refractivity contribution in [2.75, 3.05) is 11.9 Å². The fourth-order valence-electron chi connectivity index (χ4n) is 2.45. The van der Waals surface area contributed by atoms with Gasteiger partial charge in [0.15, 0.2) is 11.8 Å². The predicted octanol–water partition coefficient (Wildman–Crippen LogP) is 3.24. The molecule has 1 aliphatic rings. The van der Waals surface area contributed by atoms with Gasteiger partial charge in [0, 0.05) is 6.20 Å². The maximum atomic E-state index is 11.8. The molecule has 1 aromatic heterocycles. The highest BCUT2D eigenvalue weighted by Gasteiger charge is 2.12. The summed E-state index contributed by atoms with van der Waals surface area (Å²) in [5, 5.41) is 2.94. The van der Waals surface area contributed by atoms with Crippen molar-refractivity contribution >= 4 is 23.2 Å². The Balaban J connectivity index is 1.58. The first-order chi connectivity index (χ1) is 10.2. The van der Waals surface area contributed by atoms with Gasteiger partial charge in [0.2, 0.25) is 0 Å². The number of nitrogens with zero attached hydrogens (tertiary/aromatic N) is 1. The van der Waals surface area contributed by atoms with E-state index in [9.17, 15) is 4.79 Å². The van der Waals surface area contributed by atoms with E-state index in [1.165, 1.54) is 17.5 Å². The number of carbonyl (C=O) groups is 1. The first-order valence-electron chi connectivity index (χ1n) is 6.87. The minimum absolute atomic E-state index is 0.0516. The lowest BCUT2D eigenvalue weighted by Gasteiger charge is -2.09. The minimum Gasteiger partial charge on any atom is -0.484 e. The van der Waals surface area contributed by atoms with E-state index in [0.29, 0.717) is 5.69 Å². The fraction of sp³-hybridized carbons (Fsp3) is 0.250. The average Bonchev–Trinajstić information content (AvgIpc) is 2.95. The Labute approximate surface area is 128 Å². The second-order valence-corrected chi connectivity index (χ2v) is 5.32. The van der Waals surface area contributed by atoms with Crippen LogP contribution in [0.15, 0.2) is 36.5 Å². The third-order valence-electron chi connectivity index (χ3n) is 3.47. The number of aromatic nitrogens is 1. The van der Waals surface area contributed by atoms with Crippen molar-refractivity contribution in [3.05, 3.63) is 52.8 Å². The summed E-state index contributed by atoms with van der Waals surface area (Å²) in [6.07, 6.45) is 4.98. The predicted molar refractivity (Wildman–Crippen MR) is 81.8 cm³/mol. The number of amides is 1. The number of nitrogens with one attached hydrogen (secondary N) is 1. The number of carbonyl (C=O) groups excluding carboxylic acids is 1. The Kier molecular flexibility index (Phi) is 4.06. The van der Waals surface area contributed by atoms with E-state index in [1.807, 2.05) is 12.1 Å². The molecule has 0 unspecified atom stereocenters. The summed E-state index contributed by atoms with van der Waals surface area (Å²) < 4.78 is 5.53. The van der Waals surface area contributed by atoms with Crippen LogP contribution >= 0.6 is 11.6 Å². The van der Waals surface area contributed by atoms with Crippen LogP contribution in [0.5, 0.6) is 5.75 Å². The molecule has 3 rings (SSSR count). The highest BCUT2D eigenvalue weighted by Crippen LogP contribution is 2.26. The Morgan fingerprint density at radius 2 is 2.14 bits per heavy atom. The summed E-state index contributed by atoms with van der Waals surface area (Å²) in [5.41, 5.74) is 3.19. The van der Waals surface area contributed by atoms with Crippen LogP contribution in [0.25, 0.3) is 0 Å². The van der Waals surface area contributed by atoms with Crippen molar-refractivity contribution in [1.29, 1.82) is 0 Å². The Morgan fingerprint density at radius 3 is 3.00 bits per heavy atom. The van der Waals surface area contributed by atoms with Gasteiger partial charge in [-0.2, -0.15) is 0 Å². The molecule has 0 bridgehead atoms. The van der Waals surface area contributed by atoms with E-state index in [-0.39, 0.29) is 17.7 Å². The molecule has 1 amide bonds. The molecule has 21 heavy (non-hydrogen) atoms. The zero-order valence-electron chi connectivity index (χ0n) is 11.4. The zero-order valence-corrected chi connectivity index (χ0v) is 12.2. The van der Waals surface area contributed by atoms with Gasteiger partial charge in [-0.1, -0.05) is 17.7 Å². The molecule has 0 fully saturated rings. The SMILES string of the molecule is O=C(COc1ccc2c(c1)CCC2)Nc1cccnc1Cl. The number of halogens is 1. The fourth-order valence-corrected chi connectivity index (χ4v) is 2.62. The van der Waals surface area contributed by atoms with Gasteiger partial charge < -0.3 is 10.1 Å². The molecule has 108 valence electrons. The maximum absolute atomic E-state index is 11.8. The highest BCUT2D eigenvalue weighted by molar-refractivity contribution is 6.32. The van der Waals surface area contributed by atoms with Crippen LogP contribution in [0, 0.1) is 0 Å². The van der Waals surface area contributed by atoms with E-state index in [2.05, 4.69) is 16.4 Å². The van der Waals surface area contributed by atoms with Crippen LogP contribution in [0.3, 0.4) is 0 Å². The first kappa shape index (κ1) is 13.9. The number of fused-ring (bicyclic) bond motifs is 1. The molecule has 4 nitrogen and oxygen atoms in total. The van der Waals surface area contributed by atoms with Crippen molar-refractivity contribution in [3.63, 3.8) is 0 Å². The molecular formula is C16H15ClN2O2. The van der Waals surface area contributed by atoms with Crippen LogP contribution in [-0.4, -0.2) is 17.5 Å². The Bertz CT molecular complexity index is 673. The number of aryl methyl sites for hydroxylation is 2. The molecular weight excluding hydrogens is 288 g/mol. The molecule has 1 heterocycles. The number of anilines is 1. The van der Waals surface area contributed by atoms with Gasteiger partial charge in [0.25, 0.3) is 5.91 Å². The summed E-state index contributed by atoms with van der Waals surface area (Å²) in [6.45, 7) is -0.0516. The molecule has 0 saturated carbocycles. The molecule has 1 N–H and O–H groups in total. The molecule has 0 atom stereocenters. The number of rotatable bonds is 4. The number of hydrogen-bond acceptors (Lipinski definition) is 3. The molecule has 0 radical (unpaired) electrons. The summed E-state index contributed by atoms with van der Waals surface area (Å²) in [6, 6.07) is 9.42. The van der Waals surface area contributed by atoms with Crippen molar-refractivity contribution < 1.29 is 9.53 Å². The topological polar surface area (TPSA) is 51.2 Å². The van der Waals surface area contributed by atoms with Gasteiger partial charge in [-0.3, -0.25) is 4.79 Å². The van der Waals surface area contributed by atoms with Gasteiger partial charge in [0.05, 0.1) is 5.69 Å². The Morgan fingerprint density at radius 1 is 1.29 bits per heavy atom. The maximum Gasteiger partial charge on any atom is 0.262 e. The van der Waals surface area contributed by atoms with E-state index < -0.39 is 0 Å².